The molecule has 0 aliphatic rings. The number of hydrogen-bond donors (Lipinski definition) is 2. The molecular formula is C13H15N3O3S. The third kappa shape index (κ3) is 3.37. The first-order chi connectivity index (χ1) is 9.47. The summed E-state index contributed by atoms with van der Waals surface area (Å²) in [5, 5.41) is 8.69. The Hall–Kier alpha value is -1.86. The second-order valence-corrected chi connectivity index (χ2v) is 5.51. The molecule has 7 heteroatoms. The molecule has 2 aromatic rings. The number of hydrogen-bond acceptors (Lipinski definition) is 5. The van der Waals surface area contributed by atoms with E-state index in [9.17, 15) is 9.59 Å². The molecule has 0 radical (unpaired) electrons. The monoisotopic (exact) mass is 293 g/mol. The van der Waals surface area contributed by atoms with Gasteiger partial charge in [-0.25, -0.2) is 4.98 Å². The Kier molecular flexibility index (Phi) is 4.41. The summed E-state index contributed by atoms with van der Waals surface area (Å²) in [6.07, 6.45) is 1.69. The summed E-state index contributed by atoms with van der Waals surface area (Å²) in [6.45, 7) is 1.93. The number of carboxylic acids is 1. The zero-order chi connectivity index (χ0) is 14.7. The molecule has 3 N–H and O–H groups in total. The van der Waals surface area contributed by atoms with Crippen LogP contribution in [0.2, 0.25) is 0 Å². The summed E-state index contributed by atoms with van der Waals surface area (Å²) in [7, 11) is 0. The van der Waals surface area contributed by atoms with E-state index in [2.05, 4.69) is 4.98 Å². The van der Waals surface area contributed by atoms with Crippen LogP contribution in [0.1, 0.15) is 11.3 Å². The highest BCUT2D eigenvalue weighted by molar-refractivity contribution is 7.98. The van der Waals surface area contributed by atoms with Gasteiger partial charge in [0.25, 0.3) is 5.56 Å². The van der Waals surface area contributed by atoms with Crippen molar-refractivity contribution < 1.29 is 9.90 Å². The minimum atomic E-state index is -1.03. The van der Waals surface area contributed by atoms with E-state index in [1.807, 2.05) is 19.1 Å². The van der Waals surface area contributed by atoms with Gasteiger partial charge in [-0.05, 0) is 24.6 Å². The molecular weight excluding hydrogens is 278 g/mol. The molecule has 2 rings (SSSR count). The fraction of sp³-hybridized carbons (Fsp3) is 0.308. The molecule has 0 fully saturated rings. The number of thioether (sulfide) groups is 1. The Morgan fingerprint density at radius 3 is 3.00 bits per heavy atom. The van der Waals surface area contributed by atoms with E-state index in [1.54, 1.807) is 6.20 Å². The third-order valence-corrected chi connectivity index (χ3v) is 3.84. The van der Waals surface area contributed by atoms with Crippen LogP contribution >= 0.6 is 11.8 Å². The van der Waals surface area contributed by atoms with Crippen LogP contribution < -0.4 is 11.3 Å². The molecule has 1 unspecified atom stereocenters. The van der Waals surface area contributed by atoms with E-state index >= 15 is 0 Å². The van der Waals surface area contributed by atoms with Crippen molar-refractivity contribution in [3.05, 3.63) is 46.0 Å². The number of nitrogens with two attached hydrogens (primary N) is 1. The van der Waals surface area contributed by atoms with Crippen LogP contribution in [0.25, 0.3) is 5.65 Å². The number of aryl methyl sites for hydroxylation is 1. The zero-order valence-electron chi connectivity index (χ0n) is 10.9. The normalized spacial score (nSPS) is 12.5. The molecule has 0 aromatic carbocycles. The lowest BCUT2D eigenvalue weighted by Gasteiger charge is -2.07. The molecule has 0 saturated carbocycles. The third-order valence-electron chi connectivity index (χ3n) is 2.74. The highest BCUT2D eigenvalue weighted by Crippen LogP contribution is 2.11. The highest BCUT2D eigenvalue weighted by atomic mass is 32.2. The number of pyridine rings is 1. The molecule has 20 heavy (non-hydrogen) atoms. The Morgan fingerprint density at radius 1 is 1.55 bits per heavy atom. The van der Waals surface area contributed by atoms with Crippen LogP contribution in [0.15, 0.2) is 29.2 Å². The van der Waals surface area contributed by atoms with Crippen LogP contribution in [0.4, 0.5) is 0 Å². The Balaban J connectivity index is 2.15. The van der Waals surface area contributed by atoms with Crippen LogP contribution in [-0.2, 0) is 10.5 Å². The standard InChI is InChI=1S/C13H15N3O3S/c1-8-2-3-16-11(4-8)15-9(5-12(16)17)6-20-7-10(14)13(18)19/h2-5,10H,6-7,14H2,1H3,(H,18,19). The molecule has 2 aromatic heterocycles. The van der Waals surface area contributed by atoms with E-state index < -0.39 is 12.0 Å². The van der Waals surface area contributed by atoms with Crippen molar-refractivity contribution in [2.45, 2.75) is 18.7 Å². The molecule has 6 nitrogen and oxygen atoms in total. The summed E-state index contributed by atoms with van der Waals surface area (Å²) in [5.41, 5.74) is 7.51. The molecule has 0 aliphatic carbocycles. The van der Waals surface area contributed by atoms with Gasteiger partial charge in [0, 0.05) is 23.8 Å². The van der Waals surface area contributed by atoms with Crippen LogP contribution in [0, 0.1) is 6.92 Å². The number of carbonyl (C=O) groups is 1. The first kappa shape index (κ1) is 14.5. The van der Waals surface area contributed by atoms with Gasteiger partial charge in [0.2, 0.25) is 0 Å². The van der Waals surface area contributed by atoms with Gasteiger partial charge in [0.05, 0.1) is 5.69 Å². The predicted molar refractivity (Wildman–Crippen MR) is 78.0 cm³/mol. The van der Waals surface area contributed by atoms with E-state index in [4.69, 9.17) is 10.8 Å². The van der Waals surface area contributed by atoms with Gasteiger partial charge in [-0.3, -0.25) is 14.0 Å². The van der Waals surface area contributed by atoms with Crippen LogP contribution in [-0.4, -0.2) is 32.3 Å². The molecule has 0 bridgehead atoms. The van der Waals surface area contributed by atoms with E-state index in [0.29, 0.717) is 17.1 Å². The number of aromatic nitrogens is 2. The Labute approximate surface area is 119 Å². The van der Waals surface area contributed by atoms with E-state index in [-0.39, 0.29) is 11.3 Å². The van der Waals surface area contributed by atoms with Crippen molar-refractivity contribution in [2.24, 2.45) is 5.73 Å². The molecule has 2 heterocycles. The Bertz CT molecular complexity index is 699. The molecule has 0 spiro atoms. The van der Waals surface area contributed by atoms with Gasteiger partial charge in [-0.2, -0.15) is 11.8 Å². The summed E-state index contributed by atoms with van der Waals surface area (Å²) in [5.74, 6) is -0.287. The van der Waals surface area contributed by atoms with Crippen molar-refractivity contribution >= 4 is 23.4 Å². The van der Waals surface area contributed by atoms with Gasteiger partial charge < -0.3 is 10.8 Å². The lowest BCUT2D eigenvalue weighted by molar-refractivity contribution is -0.137. The number of aliphatic carboxylic acids is 1. The van der Waals surface area contributed by atoms with Gasteiger partial charge >= 0.3 is 5.97 Å². The highest BCUT2D eigenvalue weighted by Gasteiger charge is 2.11. The second-order valence-electron chi connectivity index (χ2n) is 4.48. The van der Waals surface area contributed by atoms with Crippen LogP contribution in [0.3, 0.4) is 0 Å². The van der Waals surface area contributed by atoms with Gasteiger partial charge in [-0.1, -0.05) is 0 Å². The van der Waals surface area contributed by atoms with Crippen molar-refractivity contribution in [1.29, 1.82) is 0 Å². The first-order valence-electron chi connectivity index (χ1n) is 6.02. The minimum Gasteiger partial charge on any atom is -0.480 e. The SMILES string of the molecule is Cc1ccn2c(=O)cc(CSCC(N)C(=O)O)nc2c1. The van der Waals surface area contributed by atoms with Crippen molar-refractivity contribution in [2.75, 3.05) is 5.75 Å². The quantitative estimate of drug-likeness (QED) is 0.840. The maximum absolute atomic E-state index is 11.9. The van der Waals surface area contributed by atoms with Gasteiger partial charge in [0.1, 0.15) is 11.7 Å². The summed E-state index contributed by atoms with van der Waals surface area (Å²) in [6, 6.07) is 4.24. The van der Waals surface area contributed by atoms with E-state index in [1.165, 1.54) is 22.2 Å². The average molecular weight is 293 g/mol. The largest absolute Gasteiger partial charge is 0.480 e. The number of carboxylic acid groups (broad SMARTS) is 1. The van der Waals surface area contributed by atoms with Crippen molar-refractivity contribution in [3.63, 3.8) is 0 Å². The van der Waals surface area contributed by atoms with Crippen molar-refractivity contribution in [1.82, 2.24) is 9.38 Å². The summed E-state index contributed by atoms with van der Waals surface area (Å²) >= 11 is 1.35. The number of fused-ring (bicyclic) bond motifs is 1. The fourth-order valence-corrected chi connectivity index (χ4v) is 2.56. The first-order valence-corrected chi connectivity index (χ1v) is 7.18. The molecule has 106 valence electrons. The molecule has 0 saturated heterocycles. The Morgan fingerprint density at radius 2 is 2.30 bits per heavy atom. The number of nitrogens with zero attached hydrogens (tertiary/aromatic N) is 2. The van der Waals surface area contributed by atoms with Crippen molar-refractivity contribution in [3.8, 4) is 0 Å². The lowest BCUT2D eigenvalue weighted by atomic mass is 10.3. The van der Waals surface area contributed by atoms with Crippen LogP contribution in [0.5, 0.6) is 0 Å². The van der Waals surface area contributed by atoms with Gasteiger partial charge in [0.15, 0.2) is 0 Å². The molecule has 1 atom stereocenters. The topological polar surface area (TPSA) is 97.7 Å². The summed E-state index contributed by atoms with van der Waals surface area (Å²) < 4.78 is 1.48. The zero-order valence-corrected chi connectivity index (χ0v) is 11.8. The number of rotatable bonds is 5. The fourth-order valence-electron chi connectivity index (χ4n) is 1.69. The second kappa shape index (κ2) is 6.06. The lowest BCUT2D eigenvalue weighted by Crippen LogP contribution is -2.32. The smallest absolute Gasteiger partial charge is 0.321 e. The molecule has 0 aliphatic heterocycles. The van der Waals surface area contributed by atoms with Gasteiger partial charge in [-0.15, -0.1) is 0 Å². The average Bonchev–Trinajstić information content (AvgIpc) is 2.37. The van der Waals surface area contributed by atoms with E-state index in [0.717, 1.165) is 5.56 Å². The maximum Gasteiger partial charge on any atom is 0.321 e. The summed E-state index contributed by atoms with van der Waals surface area (Å²) in [4.78, 5) is 26.9. The minimum absolute atomic E-state index is 0.145. The predicted octanol–water partition coefficient (Wildman–Crippen LogP) is 0.648. The maximum atomic E-state index is 11.9. The molecule has 0 amide bonds.